The first-order chi connectivity index (χ1) is 16.7. The van der Waals surface area contributed by atoms with E-state index in [1.165, 1.54) is 23.9 Å². The van der Waals surface area contributed by atoms with E-state index in [4.69, 9.17) is 11.5 Å². The number of carboxylic acids is 1. The van der Waals surface area contributed by atoms with Gasteiger partial charge in [-0.25, -0.2) is 4.79 Å². The Morgan fingerprint density at radius 3 is 2.71 bits per heavy atom. The number of nitrogens with zero attached hydrogens (tertiary/aromatic N) is 6. The van der Waals surface area contributed by atoms with Gasteiger partial charge in [0.1, 0.15) is 28.0 Å². The molecule has 0 bridgehead atoms. The number of aromatic hydroxyl groups is 1. The number of hydrogen-bond acceptors (Lipinski definition) is 15. The third-order valence-electron chi connectivity index (χ3n) is 4.62. The Morgan fingerprint density at radius 1 is 1.31 bits per heavy atom. The number of anilines is 2. The van der Waals surface area contributed by atoms with Crippen molar-refractivity contribution in [1.82, 2.24) is 29.5 Å². The fourth-order valence-electron chi connectivity index (χ4n) is 3.18. The number of nitrogen functional groups attached to an aromatic ring is 2. The Hall–Kier alpha value is -3.90. The second-order valence-electron chi connectivity index (χ2n) is 6.80. The van der Waals surface area contributed by atoms with Crippen LogP contribution in [0, 0.1) is 0 Å². The van der Waals surface area contributed by atoms with Crippen LogP contribution in [0.5, 0.6) is 6.01 Å². The molecule has 0 aromatic carbocycles. The zero-order valence-electron chi connectivity index (χ0n) is 17.2. The molecule has 2 atom stereocenters. The van der Waals surface area contributed by atoms with E-state index in [0.29, 0.717) is 10.6 Å². The largest absolute Gasteiger partial charge is 0.479 e. The van der Waals surface area contributed by atoms with E-state index >= 15 is 0 Å². The molecular formula is C17H15N9O6S3. The number of amides is 2. The molecule has 1 fully saturated rings. The molecule has 0 saturated carbocycles. The third kappa shape index (κ3) is 4.84. The van der Waals surface area contributed by atoms with Crippen molar-refractivity contribution in [3.63, 3.8) is 0 Å². The van der Waals surface area contributed by atoms with Gasteiger partial charge in [-0.15, -0.1) is 11.8 Å². The molecule has 0 unspecified atom stereocenters. The molecule has 4 rings (SSSR count). The highest BCUT2D eigenvalue weighted by atomic mass is 32.2. The molecule has 1 saturated heterocycles. The van der Waals surface area contributed by atoms with Crippen molar-refractivity contribution in [1.29, 1.82) is 0 Å². The number of fused-ring (bicyclic) bond motifs is 1. The number of carboxylic acid groups (broad SMARTS) is 1. The molecule has 2 aliphatic rings. The van der Waals surface area contributed by atoms with Crippen LogP contribution >= 0.6 is 35.1 Å². The molecule has 0 spiro atoms. The van der Waals surface area contributed by atoms with Crippen LogP contribution in [0.15, 0.2) is 39.0 Å². The van der Waals surface area contributed by atoms with Crippen LogP contribution in [-0.2, 0) is 14.4 Å². The molecular weight excluding hydrogens is 522 g/mol. The smallest absolute Gasteiger partial charge is 0.352 e. The minimum absolute atomic E-state index is 0.0534. The van der Waals surface area contributed by atoms with Gasteiger partial charge in [-0.3, -0.25) is 14.5 Å². The highest BCUT2D eigenvalue weighted by Gasteiger charge is 2.54. The van der Waals surface area contributed by atoms with E-state index in [1.807, 2.05) is 0 Å². The van der Waals surface area contributed by atoms with Crippen LogP contribution in [0.4, 0.5) is 10.9 Å². The quantitative estimate of drug-likeness (QED) is 0.0646. The van der Waals surface area contributed by atoms with Crippen LogP contribution in [0.25, 0.3) is 0 Å². The second-order valence-corrected chi connectivity index (χ2v) is 9.61. The SMILES string of the molecule is Nc1cc(S/C=C/C2=C(C(=O)O)N3C(=O)[C@@H](NC(=O)/C(=N\O)c4nsc(N)n4)[C@H]3SC2)nc(O)n1. The number of oxime groups is 1. The Bertz CT molecular complexity index is 1290. The molecule has 4 heterocycles. The van der Waals surface area contributed by atoms with Crippen LogP contribution in [0.2, 0.25) is 0 Å². The average molecular weight is 538 g/mol. The van der Waals surface area contributed by atoms with Gasteiger partial charge in [-0.1, -0.05) is 16.9 Å². The molecule has 2 aromatic rings. The maximum absolute atomic E-state index is 12.8. The Kier molecular flexibility index (Phi) is 6.76. The van der Waals surface area contributed by atoms with Gasteiger partial charge in [0, 0.05) is 23.4 Å². The summed E-state index contributed by atoms with van der Waals surface area (Å²) in [5.41, 5.74) is 10.6. The predicted octanol–water partition coefficient (Wildman–Crippen LogP) is -0.579. The van der Waals surface area contributed by atoms with Gasteiger partial charge in [-0.05, 0) is 17.1 Å². The Labute approximate surface area is 208 Å². The van der Waals surface area contributed by atoms with Gasteiger partial charge in [0.2, 0.25) is 11.5 Å². The first kappa shape index (κ1) is 24.2. The lowest BCUT2D eigenvalue weighted by Crippen LogP contribution is -2.71. The maximum Gasteiger partial charge on any atom is 0.352 e. The van der Waals surface area contributed by atoms with E-state index in [1.54, 1.807) is 5.41 Å². The Balaban J connectivity index is 1.48. The molecule has 8 N–H and O–H groups in total. The minimum Gasteiger partial charge on any atom is -0.479 e. The lowest BCUT2D eigenvalue weighted by molar-refractivity contribution is -0.150. The van der Waals surface area contributed by atoms with E-state index < -0.39 is 40.9 Å². The number of carbonyl (C=O) groups is 3. The fourth-order valence-corrected chi connectivity index (χ4v) is 5.63. The van der Waals surface area contributed by atoms with Gasteiger partial charge in [0.15, 0.2) is 5.13 Å². The summed E-state index contributed by atoms with van der Waals surface area (Å²) in [5.74, 6) is -2.80. The normalized spacial score (nSPS) is 20.1. The summed E-state index contributed by atoms with van der Waals surface area (Å²) < 4.78 is 3.79. The highest BCUT2D eigenvalue weighted by molar-refractivity contribution is 8.02. The van der Waals surface area contributed by atoms with Crippen molar-refractivity contribution in [2.45, 2.75) is 16.4 Å². The summed E-state index contributed by atoms with van der Waals surface area (Å²) in [4.78, 5) is 49.5. The van der Waals surface area contributed by atoms with Gasteiger partial charge in [0.05, 0.1) is 0 Å². The number of allylic oxidation sites excluding steroid dienone is 1. The first-order valence-corrected chi connectivity index (χ1v) is 12.1. The standard InChI is InChI=1S/C17H15N9O6S3/c18-6-3-7(21-17(31)20-6)33-2-1-5-4-34-14-9(13(28)26(14)10(5)15(29)30)22-12(27)8(24-32)11-23-16(19)35-25-11/h1-3,9,14,32H,4H2,(H,22,27)(H,29,30)(H2,19,23,25)(H3,18,20,21,31)/b2-1+,24-8-/t9-,14-/m1/s1. The summed E-state index contributed by atoms with van der Waals surface area (Å²) in [6.45, 7) is 0. The van der Waals surface area contributed by atoms with Crippen molar-refractivity contribution < 1.29 is 29.8 Å². The lowest BCUT2D eigenvalue weighted by Gasteiger charge is -2.49. The number of aliphatic carboxylic acids is 1. The summed E-state index contributed by atoms with van der Waals surface area (Å²) in [6, 6.07) is -0.120. The van der Waals surface area contributed by atoms with Gasteiger partial charge in [0.25, 0.3) is 11.8 Å². The topological polar surface area (TPSA) is 243 Å². The predicted molar refractivity (Wildman–Crippen MR) is 125 cm³/mol. The average Bonchev–Trinajstić information content (AvgIpc) is 3.22. The minimum atomic E-state index is -1.32. The van der Waals surface area contributed by atoms with Crippen molar-refractivity contribution >= 4 is 69.5 Å². The number of hydrogen-bond donors (Lipinski definition) is 6. The van der Waals surface area contributed by atoms with Crippen LogP contribution < -0.4 is 16.8 Å². The maximum atomic E-state index is 12.8. The second kappa shape index (κ2) is 9.76. The first-order valence-electron chi connectivity index (χ1n) is 9.40. The zero-order chi connectivity index (χ0) is 25.3. The molecule has 0 radical (unpaired) electrons. The molecule has 18 heteroatoms. The van der Waals surface area contributed by atoms with E-state index in [9.17, 15) is 29.8 Å². The number of aromatic nitrogens is 4. The van der Waals surface area contributed by atoms with Crippen molar-refractivity contribution in [2.24, 2.45) is 5.16 Å². The van der Waals surface area contributed by atoms with Crippen LogP contribution in [0.1, 0.15) is 5.82 Å². The molecule has 182 valence electrons. The zero-order valence-corrected chi connectivity index (χ0v) is 19.7. The Morgan fingerprint density at radius 2 is 2.09 bits per heavy atom. The van der Waals surface area contributed by atoms with Gasteiger partial charge < -0.3 is 32.2 Å². The summed E-state index contributed by atoms with van der Waals surface area (Å²) in [6.07, 6.45) is 1.51. The number of β-lactam (4-membered cyclic amide) rings is 1. The lowest BCUT2D eigenvalue weighted by atomic mass is 10.0. The number of nitrogens with two attached hydrogens (primary N) is 2. The molecule has 2 aliphatic heterocycles. The molecule has 35 heavy (non-hydrogen) atoms. The van der Waals surface area contributed by atoms with E-state index in [0.717, 1.165) is 28.2 Å². The van der Waals surface area contributed by atoms with Crippen molar-refractivity contribution in [2.75, 3.05) is 17.2 Å². The van der Waals surface area contributed by atoms with Crippen molar-refractivity contribution in [3.8, 4) is 6.01 Å². The molecule has 2 aromatic heterocycles. The molecule has 2 amide bonds. The molecule has 15 nitrogen and oxygen atoms in total. The number of nitrogens with one attached hydrogen (secondary N) is 1. The summed E-state index contributed by atoms with van der Waals surface area (Å²) >= 11 is 3.10. The fraction of sp³-hybridized carbons (Fsp3) is 0.176. The monoisotopic (exact) mass is 537 g/mol. The van der Waals surface area contributed by atoms with Crippen molar-refractivity contribution in [3.05, 3.63) is 34.6 Å². The van der Waals surface area contributed by atoms with Crippen LogP contribution in [0.3, 0.4) is 0 Å². The third-order valence-corrected chi connectivity index (χ3v) is 7.19. The number of carbonyl (C=O) groups excluding carboxylic acids is 2. The number of rotatable bonds is 7. The summed E-state index contributed by atoms with van der Waals surface area (Å²) in [5, 5.41) is 34.9. The summed E-state index contributed by atoms with van der Waals surface area (Å²) in [7, 11) is 0. The molecule has 0 aliphatic carbocycles. The highest BCUT2D eigenvalue weighted by Crippen LogP contribution is 2.41. The van der Waals surface area contributed by atoms with E-state index in [2.05, 4.69) is 29.8 Å². The van der Waals surface area contributed by atoms with E-state index in [-0.39, 0.29) is 28.2 Å². The van der Waals surface area contributed by atoms with Gasteiger partial charge in [-0.2, -0.15) is 19.3 Å². The number of thioether (sulfide) groups is 2. The van der Waals surface area contributed by atoms with Crippen LogP contribution in [-0.4, -0.2) is 80.3 Å². The van der Waals surface area contributed by atoms with Gasteiger partial charge >= 0.3 is 12.0 Å².